The van der Waals surface area contributed by atoms with Gasteiger partial charge in [0.2, 0.25) is 5.91 Å². The molecule has 30 heavy (non-hydrogen) atoms. The number of nitrogens with zero attached hydrogens (tertiary/aromatic N) is 1. The summed E-state index contributed by atoms with van der Waals surface area (Å²) in [5.74, 6) is 0.494. The van der Waals surface area contributed by atoms with Gasteiger partial charge in [0.05, 0.1) is 12.6 Å². The number of rotatable bonds is 7. The van der Waals surface area contributed by atoms with Crippen LogP contribution in [-0.4, -0.2) is 17.6 Å². The summed E-state index contributed by atoms with van der Waals surface area (Å²) in [6.45, 7) is 4.98. The SMILES string of the molecule is CCCCc1ccc2c3c(C(N)=O)cccc3n(Cc3ccc(OC)c(C)c3)c2c1. The highest BCUT2D eigenvalue weighted by atomic mass is 16.5. The molecule has 1 amide bonds. The topological polar surface area (TPSA) is 57.2 Å². The van der Waals surface area contributed by atoms with Crippen molar-refractivity contribution in [1.82, 2.24) is 4.57 Å². The third kappa shape index (κ3) is 3.54. The van der Waals surface area contributed by atoms with E-state index in [1.807, 2.05) is 18.2 Å². The van der Waals surface area contributed by atoms with Crippen molar-refractivity contribution in [3.63, 3.8) is 0 Å². The molecule has 0 unspecified atom stereocenters. The molecule has 0 aliphatic heterocycles. The Bertz CT molecular complexity index is 1240. The summed E-state index contributed by atoms with van der Waals surface area (Å²) in [7, 11) is 1.69. The van der Waals surface area contributed by atoms with Gasteiger partial charge in [-0.2, -0.15) is 0 Å². The van der Waals surface area contributed by atoms with Crippen molar-refractivity contribution < 1.29 is 9.53 Å². The van der Waals surface area contributed by atoms with Gasteiger partial charge in [-0.1, -0.05) is 43.7 Å². The fourth-order valence-electron chi connectivity index (χ4n) is 4.32. The maximum atomic E-state index is 12.1. The summed E-state index contributed by atoms with van der Waals surface area (Å²) in [4.78, 5) is 12.1. The molecule has 0 fully saturated rings. The first-order valence-electron chi connectivity index (χ1n) is 10.5. The molecule has 1 heterocycles. The van der Waals surface area contributed by atoms with E-state index in [-0.39, 0.29) is 0 Å². The van der Waals surface area contributed by atoms with Crippen LogP contribution in [0.5, 0.6) is 5.75 Å². The van der Waals surface area contributed by atoms with E-state index in [9.17, 15) is 4.79 Å². The van der Waals surface area contributed by atoms with Crippen molar-refractivity contribution in [3.05, 3.63) is 76.9 Å². The van der Waals surface area contributed by atoms with Gasteiger partial charge in [0, 0.05) is 28.4 Å². The summed E-state index contributed by atoms with van der Waals surface area (Å²) in [6, 6.07) is 18.7. The zero-order valence-electron chi connectivity index (χ0n) is 17.9. The molecule has 0 bridgehead atoms. The van der Waals surface area contributed by atoms with E-state index in [1.54, 1.807) is 7.11 Å². The molecule has 0 atom stereocenters. The summed E-state index contributed by atoms with van der Waals surface area (Å²) >= 11 is 0. The number of aromatic nitrogens is 1. The molecule has 4 aromatic rings. The standard InChI is InChI=1S/C26H28N2O2/c1-4-5-7-18-10-12-20-23(15-18)28(16-19-11-13-24(30-3)17(2)14-19)22-9-6-8-21(25(20)22)26(27)29/h6,8-15H,4-5,7,16H2,1-3H3,(H2,27,29). The largest absolute Gasteiger partial charge is 0.496 e. The highest BCUT2D eigenvalue weighted by Crippen LogP contribution is 2.33. The number of benzene rings is 3. The molecular weight excluding hydrogens is 372 g/mol. The van der Waals surface area contributed by atoms with Crippen molar-refractivity contribution in [3.8, 4) is 5.75 Å². The van der Waals surface area contributed by atoms with E-state index in [1.165, 1.54) is 11.1 Å². The fourth-order valence-corrected chi connectivity index (χ4v) is 4.32. The summed E-state index contributed by atoms with van der Waals surface area (Å²) in [5.41, 5.74) is 12.1. The number of ether oxygens (including phenoxy) is 1. The minimum absolute atomic E-state index is 0.394. The molecule has 4 nitrogen and oxygen atoms in total. The number of nitrogens with two attached hydrogens (primary N) is 1. The van der Waals surface area contributed by atoms with Gasteiger partial charge in [-0.3, -0.25) is 4.79 Å². The number of aryl methyl sites for hydroxylation is 2. The molecule has 3 aromatic carbocycles. The molecule has 0 aliphatic carbocycles. The van der Waals surface area contributed by atoms with Crippen LogP contribution in [0.3, 0.4) is 0 Å². The average molecular weight is 401 g/mol. The number of methoxy groups -OCH3 is 1. The van der Waals surface area contributed by atoms with Gasteiger partial charge in [0.15, 0.2) is 0 Å². The number of carbonyl (C=O) groups is 1. The second kappa shape index (κ2) is 8.23. The molecule has 4 heteroatoms. The lowest BCUT2D eigenvalue weighted by Crippen LogP contribution is -2.11. The molecule has 0 aliphatic rings. The van der Waals surface area contributed by atoms with Crippen molar-refractivity contribution in [1.29, 1.82) is 0 Å². The van der Waals surface area contributed by atoms with Crippen LogP contribution in [0.15, 0.2) is 54.6 Å². The second-order valence-electron chi connectivity index (χ2n) is 7.91. The quantitative estimate of drug-likeness (QED) is 0.439. The van der Waals surface area contributed by atoms with Gasteiger partial charge in [0.25, 0.3) is 0 Å². The third-order valence-corrected chi connectivity index (χ3v) is 5.84. The predicted molar refractivity (Wildman–Crippen MR) is 123 cm³/mol. The Hall–Kier alpha value is -3.27. The highest BCUT2D eigenvalue weighted by Gasteiger charge is 2.17. The van der Waals surface area contributed by atoms with Crippen LogP contribution in [0, 0.1) is 6.92 Å². The first-order valence-corrected chi connectivity index (χ1v) is 10.5. The number of fused-ring (bicyclic) bond motifs is 3. The number of primary amides is 1. The maximum absolute atomic E-state index is 12.1. The van der Waals surface area contributed by atoms with Gasteiger partial charge in [-0.25, -0.2) is 0 Å². The van der Waals surface area contributed by atoms with Crippen LogP contribution in [0.25, 0.3) is 21.8 Å². The maximum Gasteiger partial charge on any atom is 0.249 e. The van der Waals surface area contributed by atoms with Crippen molar-refractivity contribution in [2.24, 2.45) is 5.73 Å². The Kier molecular flexibility index (Phi) is 5.49. The summed E-state index contributed by atoms with van der Waals surface area (Å²) < 4.78 is 7.71. The molecular formula is C26H28N2O2. The number of hydrogen-bond donors (Lipinski definition) is 1. The highest BCUT2D eigenvalue weighted by molar-refractivity contribution is 6.18. The van der Waals surface area contributed by atoms with Crippen LogP contribution in [-0.2, 0) is 13.0 Å². The van der Waals surface area contributed by atoms with Crippen molar-refractivity contribution in [2.45, 2.75) is 39.7 Å². The average Bonchev–Trinajstić information content (AvgIpc) is 3.05. The normalized spacial score (nSPS) is 11.3. The lowest BCUT2D eigenvalue weighted by atomic mass is 10.0. The first kappa shape index (κ1) is 20.0. The lowest BCUT2D eigenvalue weighted by molar-refractivity contribution is 0.100. The van der Waals surface area contributed by atoms with Crippen LogP contribution >= 0.6 is 0 Å². The van der Waals surface area contributed by atoms with Gasteiger partial charge < -0.3 is 15.0 Å². The first-order chi connectivity index (χ1) is 14.5. The second-order valence-corrected chi connectivity index (χ2v) is 7.91. The predicted octanol–water partition coefficient (Wildman–Crippen LogP) is 5.60. The van der Waals surface area contributed by atoms with Crippen LogP contribution in [0.2, 0.25) is 0 Å². The molecule has 0 saturated heterocycles. The van der Waals surface area contributed by atoms with E-state index in [4.69, 9.17) is 10.5 Å². The molecule has 154 valence electrons. The Balaban J connectivity index is 1.93. The Labute approximate surface area is 177 Å². The number of carbonyl (C=O) groups excluding carboxylic acids is 1. The van der Waals surface area contributed by atoms with Crippen LogP contribution < -0.4 is 10.5 Å². The minimum atomic E-state index is -0.394. The smallest absolute Gasteiger partial charge is 0.249 e. The molecule has 0 radical (unpaired) electrons. The molecule has 2 N–H and O–H groups in total. The van der Waals surface area contributed by atoms with E-state index in [2.05, 4.69) is 54.8 Å². The summed E-state index contributed by atoms with van der Waals surface area (Å²) in [6.07, 6.45) is 3.38. The number of amides is 1. The zero-order chi connectivity index (χ0) is 21.3. The summed E-state index contributed by atoms with van der Waals surface area (Å²) in [5, 5.41) is 2.01. The molecule has 0 spiro atoms. The van der Waals surface area contributed by atoms with E-state index >= 15 is 0 Å². The fraction of sp³-hybridized carbons (Fsp3) is 0.269. The Morgan fingerprint density at radius 3 is 2.53 bits per heavy atom. The Morgan fingerprint density at radius 1 is 1.03 bits per heavy atom. The lowest BCUT2D eigenvalue weighted by Gasteiger charge is -2.11. The van der Waals surface area contributed by atoms with Gasteiger partial charge in [0.1, 0.15) is 5.75 Å². The van der Waals surface area contributed by atoms with E-state index < -0.39 is 5.91 Å². The monoisotopic (exact) mass is 400 g/mol. The minimum Gasteiger partial charge on any atom is -0.496 e. The number of unbranched alkanes of at least 4 members (excludes halogenated alkanes) is 1. The van der Waals surface area contributed by atoms with Crippen LogP contribution in [0.1, 0.15) is 46.8 Å². The zero-order valence-corrected chi connectivity index (χ0v) is 17.9. The van der Waals surface area contributed by atoms with E-state index in [0.717, 1.165) is 52.4 Å². The molecule has 0 saturated carbocycles. The van der Waals surface area contributed by atoms with Crippen molar-refractivity contribution >= 4 is 27.7 Å². The number of hydrogen-bond acceptors (Lipinski definition) is 2. The van der Waals surface area contributed by atoms with Crippen LogP contribution in [0.4, 0.5) is 0 Å². The van der Waals surface area contributed by atoms with E-state index in [0.29, 0.717) is 12.1 Å². The van der Waals surface area contributed by atoms with Gasteiger partial charge in [-0.15, -0.1) is 0 Å². The molecule has 4 rings (SSSR count). The molecule has 1 aromatic heterocycles. The Morgan fingerprint density at radius 2 is 1.83 bits per heavy atom. The van der Waals surface area contributed by atoms with Crippen molar-refractivity contribution in [2.75, 3.05) is 7.11 Å². The third-order valence-electron chi connectivity index (χ3n) is 5.84. The van der Waals surface area contributed by atoms with Gasteiger partial charge >= 0.3 is 0 Å². The van der Waals surface area contributed by atoms with Gasteiger partial charge in [-0.05, 0) is 60.7 Å².